The highest BCUT2D eigenvalue weighted by Gasteiger charge is 2.51. The van der Waals surface area contributed by atoms with Crippen LogP contribution in [0.15, 0.2) is 36.4 Å². The van der Waals surface area contributed by atoms with Crippen LogP contribution < -0.4 is 32.3 Å². The van der Waals surface area contributed by atoms with Gasteiger partial charge in [-0.25, -0.2) is 11.7 Å². The average molecular weight is 442 g/mol. The summed E-state index contributed by atoms with van der Waals surface area (Å²) in [6.45, 7) is 12.8. The van der Waals surface area contributed by atoms with Gasteiger partial charge in [0.2, 0.25) is 6.41 Å². The summed E-state index contributed by atoms with van der Waals surface area (Å²) in [5.74, 6) is 11.2. The number of amides is 1. The second-order valence-corrected chi connectivity index (χ2v) is 8.87. The fraction of sp³-hybridized carbons (Fsp3) is 0.435. The minimum Gasteiger partial charge on any atom is -0.489 e. The van der Waals surface area contributed by atoms with Gasteiger partial charge < -0.3 is 19.1 Å². The van der Waals surface area contributed by atoms with Crippen molar-refractivity contribution in [1.29, 1.82) is 0 Å². The molecule has 32 heavy (non-hydrogen) atoms. The van der Waals surface area contributed by atoms with Gasteiger partial charge in [-0.1, -0.05) is 24.3 Å². The SMILES string of the molecule is Cc1cc(B2OC(C)(C)C(C)(C)O2)ccc1OCc1c(C)cccc1N(C)N.NNC=O. The molecule has 0 radical (unpaired) electrons. The largest absolute Gasteiger partial charge is 0.494 e. The summed E-state index contributed by atoms with van der Waals surface area (Å²) in [6, 6.07) is 12.1. The molecule has 9 heteroatoms. The van der Waals surface area contributed by atoms with Gasteiger partial charge in [0.05, 0.1) is 16.9 Å². The van der Waals surface area contributed by atoms with Gasteiger partial charge in [0.15, 0.2) is 0 Å². The van der Waals surface area contributed by atoms with Crippen molar-refractivity contribution in [2.75, 3.05) is 12.1 Å². The number of carbonyl (C=O) groups is 1. The van der Waals surface area contributed by atoms with Crippen LogP contribution in [0.2, 0.25) is 0 Å². The Hall–Kier alpha value is -2.59. The van der Waals surface area contributed by atoms with Crippen LogP contribution in [0.25, 0.3) is 0 Å². The summed E-state index contributed by atoms with van der Waals surface area (Å²) in [4.78, 5) is 8.94. The van der Waals surface area contributed by atoms with E-state index in [-0.39, 0.29) is 18.3 Å². The molecule has 1 heterocycles. The molecule has 0 atom stereocenters. The van der Waals surface area contributed by atoms with Gasteiger partial charge in [-0.3, -0.25) is 10.2 Å². The standard InChI is InChI=1S/C22H31BN2O3.CH4N2O/c1-15-9-8-10-19(25(7)24)18(15)14-26-20-12-11-17(13-16(20)2)23-27-21(3,4)22(5,6)28-23;2-3-1-4/h8-13H,14,24H2,1-7H3;1H,2H2,(H,3,4). The van der Waals surface area contributed by atoms with E-state index in [2.05, 4.69) is 52.6 Å². The maximum absolute atomic E-state index is 8.94. The number of nitrogens with zero attached hydrogens (tertiary/aromatic N) is 1. The van der Waals surface area contributed by atoms with Crippen LogP contribution in [-0.2, 0) is 20.7 Å². The van der Waals surface area contributed by atoms with E-state index < -0.39 is 0 Å². The Morgan fingerprint density at radius 2 is 1.69 bits per heavy atom. The number of hydrogen-bond acceptors (Lipinski definition) is 7. The number of hydrazine groups is 2. The highest BCUT2D eigenvalue weighted by atomic mass is 16.7. The maximum Gasteiger partial charge on any atom is 0.494 e. The topological polar surface area (TPSA) is 112 Å². The first-order valence-corrected chi connectivity index (χ1v) is 10.5. The Balaban J connectivity index is 0.000000837. The van der Waals surface area contributed by atoms with Gasteiger partial charge in [0.25, 0.3) is 0 Å². The number of nitrogens with one attached hydrogen (secondary N) is 1. The zero-order valence-corrected chi connectivity index (χ0v) is 20.1. The lowest BCUT2D eigenvalue weighted by molar-refractivity contribution is -0.109. The van der Waals surface area contributed by atoms with E-state index in [1.165, 1.54) is 0 Å². The molecule has 1 saturated heterocycles. The number of ether oxygens (including phenoxy) is 1. The zero-order valence-electron chi connectivity index (χ0n) is 20.1. The van der Waals surface area contributed by atoms with Crippen molar-refractivity contribution in [1.82, 2.24) is 5.43 Å². The molecule has 3 rings (SSSR count). The fourth-order valence-electron chi connectivity index (χ4n) is 3.32. The Morgan fingerprint density at radius 1 is 1.09 bits per heavy atom. The highest BCUT2D eigenvalue weighted by molar-refractivity contribution is 6.62. The smallest absolute Gasteiger partial charge is 0.489 e. The van der Waals surface area contributed by atoms with E-state index in [0.29, 0.717) is 13.0 Å². The number of anilines is 1. The van der Waals surface area contributed by atoms with Crippen LogP contribution in [-0.4, -0.2) is 31.8 Å². The molecule has 0 saturated carbocycles. The normalized spacial score (nSPS) is 16.1. The van der Waals surface area contributed by atoms with Crippen molar-refractivity contribution < 1.29 is 18.8 Å². The quantitative estimate of drug-likeness (QED) is 0.207. The number of rotatable bonds is 6. The summed E-state index contributed by atoms with van der Waals surface area (Å²) in [5.41, 5.74) is 6.30. The van der Waals surface area contributed by atoms with Gasteiger partial charge in [-0.15, -0.1) is 0 Å². The van der Waals surface area contributed by atoms with E-state index >= 15 is 0 Å². The second kappa shape index (κ2) is 10.4. The monoisotopic (exact) mass is 442 g/mol. The first-order chi connectivity index (χ1) is 14.9. The van der Waals surface area contributed by atoms with Crippen LogP contribution in [0.4, 0.5) is 5.69 Å². The zero-order chi connectivity index (χ0) is 24.1. The van der Waals surface area contributed by atoms with Crippen LogP contribution in [0.3, 0.4) is 0 Å². The molecule has 2 aromatic carbocycles. The van der Waals surface area contributed by atoms with E-state index in [9.17, 15) is 0 Å². The molecule has 0 spiro atoms. The number of aryl methyl sites for hydroxylation is 2. The Kier molecular flexibility index (Phi) is 8.31. The van der Waals surface area contributed by atoms with Crippen LogP contribution in [0.5, 0.6) is 5.75 Å². The van der Waals surface area contributed by atoms with Crippen molar-refractivity contribution in [3.05, 3.63) is 53.1 Å². The molecule has 1 aliphatic heterocycles. The van der Waals surface area contributed by atoms with E-state index in [0.717, 1.165) is 33.6 Å². The minimum atomic E-state index is -0.369. The van der Waals surface area contributed by atoms with Crippen molar-refractivity contribution >= 4 is 24.7 Å². The molecular formula is C23H35BN4O4. The molecule has 1 amide bonds. The van der Waals surface area contributed by atoms with Gasteiger partial charge >= 0.3 is 7.12 Å². The van der Waals surface area contributed by atoms with Crippen molar-refractivity contribution in [2.45, 2.75) is 59.4 Å². The first kappa shape index (κ1) is 25.7. The minimum absolute atomic E-state index is 0.351. The van der Waals surface area contributed by atoms with Crippen LogP contribution in [0.1, 0.15) is 44.4 Å². The summed E-state index contributed by atoms with van der Waals surface area (Å²) in [6.07, 6.45) is 0.403. The molecule has 2 aromatic rings. The summed E-state index contributed by atoms with van der Waals surface area (Å²) in [7, 11) is 1.47. The predicted octanol–water partition coefficient (Wildman–Crippen LogP) is 2.10. The molecule has 1 fully saturated rings. The average Bonchev–Trinajstić information content (AvgIpc) is 2.94. The molecule has 0 aliphatic carbocycles. The summed E-state index contributed by atoms with van der Waals surface area (Å²) in [5, 5.41) is 1.62. The van der Waals surface area contributed by atoms with Crippen molar-refractivity contribution in [3.8, 4) is 5.75 Å². The van der Waals surface area contributed by atoms with Gasteiger partial charge in [-0.05, 0) is 70.3 Å². The molecule has 174 valence electrons. The van der Waals surface area contributed by atoms with Crippen LogP contribution >= 0.6 is 0 Å². The highest BCUT2D eigenvalue weighted by Crippen LogP contribution is 2.36. The number of benzene rings is 2. The molecule has 5 N–H and O–H groups in total. The summed E-state index contributed by atoms with van der Waals surface area (Å²) >= 11 is 0. The molecule has 0 unspecified atom stereocenters. The van der Waals surface area contributed by atoms with E-state index in [1.54, 1.807) is 10.4 Å². The predicted molar refractivity (Wildman–Crippen MR) is 128 cm³/mol. The molecular weight excluding hydrogens is 407 g/mol. The van der Waals surface area contributed by atoms with Gasteiger partial charge in [-0.2, -0.15) is 0 Å². The number of hydrogen-bond donors (Lipinski definition) is 3. The Labute approximate surface area is 191 Å². The third-order valence-corrected chi connectivity index (χ3v) is 5.93. The van der Waals surface area contributed by atoms with Crippen LogP contribution in [0, 0.1) is 13.8 Å². The number of nitrogens with two attached hydrogens (primary N) is 2. The van der Waals surface area contributed by atoms with Gasteiger partial charge in [0, 0.05) is 12.6 Å². The lowest BCUT2D eigenvalue weighted by atomic mass is 9.78. The molecule has 1 aliphatic rings. The fourth-order valence-corrected chi connectivity index (χ4v) is 3.32. The summed E-state index contributed by atoms with van der Waals surface area (Å²) < 4.78 is 18.4. The van der Waals surface area contributed by atoms with Crippen molar-refractivity contribution in [3.63, 3.8) is 0 Å². The molecule has 0 bridgehead atoms. The third kappa shape index (κ3) is 5.80. The number of carbonyl (C=O) groups excluding carboxylic acids is 1. The molecule has 8 nitrogen and oxygen atoms in total. The lowest BCUT2D eigenvalue weighted by Gasteiger charge is -2.32. The lowest BCUT2D eigenvalue weighted by Crippen LogP contribution is -2.41. The second-order valence-electron chi connectivity index (χ2n) is 8.87. The Bertz CT molecular complexity index is 918. The van der Waals surface area contributed by atoms with Gasteiger partial charge in [0.1, 0.15) is 12.4 Å². The first-order valence-electron chi connectivity index (χ1n) is 10.5. The van der Waals surface area contributed by atoms with E-state index in [1.807, 2.05) is 38.2 Å². The maximum atomic E-state index is 8.94. The van der Waals surface area contributed by atoms with E-state index in [4.69, 9.17) is 24.7 Å². The Morgan fingerprint density at radius 3 is 2.19 bits per heavy atom. The molecule has 0 aromatic heterocycles. The third-order valence-electron chi connectivity index (χ3n) is 5.93. The van der Waals surface area contributed by atoms with Crippen molar-refractivity contribution in [2.24, 2.45) is 11.7 Å².